The Morgan fingerprint density at radius 3 is 2.93 bits per heavy atom. The molecule has 1 saturated heterocycles. The zero-order valence-electron chi connectivity index (χ0n) is 8.69. The number of hydrogen-bond donors (Lipinski definition) is 0. The second-order valence-corrected chi connectivity index (χ2v) is 5.30. The third-order valence-electron chi connectivity index (χ3n) is 3.39. The molecule has 1 atom stereocenters. The van der Waals surface area contributed by atoms with Crippen LogP contribution in [0.25, 0.3) is 0 Å². The van der Waals surface area contributed by atoms with Gasteiger partial charge in [0.1, 0.15) is 0 Å². The van der Waals surface area contributed by atoms with Crippen molar-refractivity contribution in [1.29, 1.82) is 0 Å². The summed E-state index contributed by atoms with van der Waals surface area (Å²) in [5.74, 6) is 0.771. The van der Waals surface area contributed by atoms with E-state index in [0.717, 1.165) is 25.8 Å². The maximum absolute atomic E-state index is 12.0. The third-order valence-corrected chi connectivity index (χ3v) is 4.09. The fourth-order valence-corrected chi connectivity index (χ4v) is 3.11. The minimum Gasteiger partial charge on any atom is -0.335 e. The molecule has 1 unspecified atom stereocenters. The van der Waals surface area contributed by atoms with E-state index in [1.165, 1.54) is 12.0 Å². The summed E-state index contributed by atoms with van der Waals surface area (Å²) in [5, 5.41) is 4.29. The van der Waals surface area contributed by atoms with Gasteiger partial charge in [0.25, 0.3) is 0 Å². The first-order valence-corrected chi connectivity index (χ1v) is 6.63. The zero-order chi connectivity index (χ0) is 10.3. The van der Waals surface area contributed by atoms with E-state index < -0.39 is 0 Å². The number of nitrogens with zero attached hydrogens (tertiary/aromatic N) is 1. The molecule has 15 heavy (non-hydrogen) atoms. The maximum atomic E-state index is 12.0. The van der Waals surface area contributed by atoms with Crippen LogP contribution in [0.15, 0.2) is 16.8 Å². The molecule has 2 heterocycles. The number of likely N-dealkylation sites (tertiary alicyclic amines) is 1. The quantitative estimate of drug-likeness (QED) is 0.752. The molecule has 1 saturated carbocycles. The minimum atomic E-state index is 0.365. The Labute approximate surface area is 93.9 Å². The number of hydrogen-bond acceptors (Lipinski definition) is 2. The van der Waals surface area contributed by atoms with Gasteiger partial charge in [-0.3, -0.25) is 4.79 Å². The Morgan fingerprint density at radius 1 is 1.40 bits per heavy atom. The van der Waals surface area contributed by atoms with Crippen LogP contribution >= 0.6 is 11.3 Å². The molecule has 1 amide bonds. The third kappa shape index (κ3) is 1.69. The molecule has 0 spiro atoms. The van der Waals surface area contributed by atoms with E-state index in [2.05, 4.69) is 21.7 Å². The Hall–Kier alpha value is -0.830. The first-order chi connectivity index (χ1) is 7.36. The van der Waals surface area contributed by atoms with Crippen molar-refractivity contribution in [2.24, 2.45) is 5.92 Å². The summed E-state index contributed by atoms with van der Waals surface area (Å²) in [6.45, 7) is 0.968. The van der Waals surface area contributed by atoms with Crippen molar-refractivity contribution in [3.05, 3.63) is 22.4 Å². The van der Waals surface area contributed by atoms with Crippen molar-refractivity contribution in [1.82, 2.24) is 4.90 Å². The largest absolute Gasteiger partial charge is 0.335 e. The molecule has 1 aromatic rings. The molecule has 80 valence electrons. The van der Waals surface area contributed by atoms with Gasteiger partial charge in [-0.25, -0.2) is 0 Å². The molecule has 3 heteroatoms. The minimum absolute atomic E-state index is 0.365. The van der Waals surface area contributed by atoms with Gasteiger partial charge in [-0.2, -0.15) is 11.3 Å². The molecule has 0 bridgehead atoms. The summed E-state index contributed by atoms with van der Waals surface area (Å²) in [7, 11) is 0. The lowest BCUT2D eigenvalue weighted by Crippen LogP contribution is -2.31. The molecule has 2 nitrogen and oxygen atoms in total. The van der Waals surface area contributed by atoms with Gasteiger partial charge >= 0.3 is 0 Å². The first-order valence-electron chi connectivity index (χ1n) is 5.69. The summed E-state index contributed by atoms with van der Waals surface area (Å²) >= 11 is 1.73. The van der Waals surface area contributed by atoms with Crippen LogP contribution in [-0.4, -0.2) is 17.4 Å². The normalized spacial score (nSPS) is 25.9. The maximum Gasteiger partial charge on any atom is 0.226 e. The molecule has 3 rings (SSSR count). The number of carbonyl (C=O) groups is 1. The summed E-state index contributed by atoms with van der Waals surface area (Å²) in [4.78, 5) is 14.2. The number of amides is 1. The Bertz CT molecular complexity index is 356. The smallest absolute Gasteiger partial charge is 0.226 e. The van der Waals surface area contributed by atoms with Gasteiger partial charge in [-0.1, -0.05) is 0 Å². The van der Waals surface area contributed by atoms with Crippen molar-refractivity contribution in [3.8, 4) is 0 Å². The monoisotopic (exact) mass is 221 g/mol. The molecule has 1 aliphatic carbocycles. The highest BCUT2D eigenvalue weighted by molar-refractivity contribution is 7.07. The van der Waals surface area contributed by atoms with Crippen molar-refractivity contribution in [3.63, 3.8) is 0 Å². The van der Waals surface area contributed by atoms with E-state index in [4.69, 9.17) is 0 Å². The molecule has 0 radical (unpaired) electrons. The highest BCUT2D eigenvalue weighted by atomic mass is 32.1. The number of carbonyl (C=O) groups excluding carboxylic acids is 1. The predicted molar refractivity (Wildman–Crippen MR) is 60.7 cm³/mol. The Morgan fingerprint density at radius 2 is 2.27 bits per heavy atom. The van der Waals surface area contributed by atoms with Gasteiger partial charge in [-0.15, -0.1) is 0 Å². The molecular weight excluding hydrogens is 206 g/mol. The first kappa shape index (κ1) is 9.40. The van der Waals surface area contributed by atoms with Gasteiger partial charge in [0.15, 0.2) is 0 Å². The topological polar surface area (TPSA) is 20.3 Å². The molecule has 0 N–H and O–H groups in total. The SMILES string of the molecule is O=C(C1CC1)N1CCCC1c1ccsc1. The van der Waals surface area contributed by atoms with E-state index >= 15 is 0 Å². The van der Waals surface area contributed by atoms with Crippen molar-refractivity contribution < 1.29 is 4.79 Å². The van der Waals surface area contributed by atoms with Crippen LogP contribution < -0.4 is 0 Å². The fourth-order valence-electron chi connectivity index (χ4n) is 2.41. The Kier molecular flexibility index (Phi) is 2.28. The van der Waals surface area contributed by atoms with Crippen molar-refractivity contribution in [2.75, 3.05) is 6.54 Å². The second-order valence-electron chi connectivity index (χ2n) is 4.52. The fraction of sp³-hybridized carbons (Fsp3) is 0.583. The summed E-state index contributed by atoms with van der Waals surface area (Å²) in [6, 6.07) is 2.54. The van der Waals surface area contributed by atoms with E-state index in [-0.39, 0.29) is 0 Å². The predicted octanol–water partition coefficient (Wildman–Crippen LogP) is 2.82. The average Bonchev–Trinajstić information content (AvgIpc) is 2.80. The van der Waals surface area contributed by atoms with Crippen LogP contribution in [-0.2, 0) is 4.79 Å². The zero-order valence-corrected chi connectivity index (χ0v) is 9.50. The lowest BCUT2D eigenvalue weighted by molar-refractivity contribution is -0.133. The van der Waals surface area contributed by atoms with Crippen LogP contribution in [0.5, 0.6) is 0 Å². The Balaban J connectivity index is 1.79. The highest BCUT2D eigenvalue weighted by Gasteiger charge is 2.38. The summed E-state index contributed by atoms with van der Waals surface area (Å²) in [6.07, 6.45) is 4.55. The standard InChI is InChI=1S/C12H15NOS/c14-12(9-3-4-9)13-6-1-2-11(13)10-5-7-15-8-10/h5,7-9,11H,1-4,6H2. The number of thiophene rings is 1. The van der Waals surface area contributed by atoms with Gasteiger partial charge in [0.2, 0.25) is 5.91 Å². The molecule has 0 aromatic carbocycles. The summed E-state index contributed by atoms with van der Waals surface area (Å²) in [5.41, 5.74) is 1.34. The van der Waals surface area contributed by atoms with Gasteiger partial charge in [-0.05, 0) is 48.1 Å². The molecule has 1 aliphatic heterocycles. The van der Waals surface area contributed by atoms with E-state index in [9.17, 15) is 4.79 Å². The van der Waals surface area contributed by atoms with Crippen molar-refractivity contribution in [2.45, 2.75) is 31.7 Å². The molecule has 2 fully saturated rings. The molecule has 1 aromatic heterocycles. The van der Waals surface area contributed by atoms with Crippen LogP contribution in [0.1, 0.15) is 37.3 Å². The van der Waals surface area contributed by atoms with Crippen LogP contribution in [0, 0.1) is 5.92 Å². The van der Waals surface area contributed by atoms with E-state index in [1.807, 2.05) is 0 Å². The van der Waals surface area contributed by atoms with Crippen LogP contribution in [0.2, 0.25) is 0 Å². The average molecular weight is 221 g/mol. The second kappa shape index (κ2) is 3.63. The van der Waals surface area contributed by atoms with Gasteiger partial charge in [0.05, 0.1) is 6.04 Å². The lowest BCUT2D eigenvalue weighted by atomic mass is 10.1. The highest BCUT2D eigenvalue weighted by Crippen LogP contribution is 2.39. The van der Waals surface area contributed by atoms with E-state index in [1.54, 1.807) is 11.3 Å². The van der Waals surface area contributed by atoms with Crippen molar-refractivity contribution >= 4 is 17.2 Å². The lowest BCUT2D eigenvalue weighted by Gasteiger charge is -2.24. The van der Waals surface area contributed by atoms with Gasteiger partial charge < -0.3 is 4.90 Å². The van der Waals surface area contributed by atoms with Crippen LogP contribution in [0.3, 0.4) is 0 Å². The van der Waals surface area contributed by atoms with Gasteiger partial charge in [0, 0.05) is 12.5 Å². The summed E-state index contributed by atoms with van der Waals surface area (Å²) < 4.78 is 0. The number of rotatable bonds is 2. The van der Waals surface area contributed by atoms with Crippen LogP contribution in [0.4, 0.5) is 0 Å². The van der Waals surface area contributed by atoms with E-state index in [0.29, 0.717) is 17.9 Å². The molecule has 2 aliphatic rings. The molecular formula is C12H15NOS.